The van der Waals surface area contributed by atoms with Crippen LogP contribution in [0.2, 0.25) is 0 Å². The predicted octanol–water partition coefficient (Wildman–Crippen LogP) is 1.40. The fraction of sp³-hybridized carbons (Fsp3) is 0.125. The predicted molar refractivity (Wildman–Crippen MR) is 51.2 cm³/mol. The molecule has 2 rings (SSSR count). The summed E-state index contributed by atoms with van der Waals surface area (Å²) in [5, 5.41) is 9.87. The van der Waals surface area contributed by atoms with Gasteiger partial charge in [0.2, 0.25) is 5.91 Å². The summed E-state index contributed by atoms with van der Waals surface area (Å²) in [6.45, 7) is 0. The fourth-order valence-corrected chi connectivity index (χ4v) is 1.12. The smallest absolute Gasteiger partial charge is 0.239 e. The number of amides is 1. The third kappa shape index (κ3) is 1.67. The van der Waals surface area contributed by atoms with Gasteiger partial charge in [0.05, 0.1) is 0 Å². The Balaban J connectivity index is 2.30. The molecule has 1 aromatic heterocycles. The van der Waals surface area contributed by atoms with Crippen LogP contribution in [0.1, 0.15) is 0 Å². The molecule has 1 heterocycles. The van der Waals surface area contributed by atoms with Gasteiger partial charge in [-0.15, -0.1) is 11.6 Å². The van der Waals surface area contributed by atoms with Gasteiger partial charge in [0, 0.05) is 5.69 Å². The van der Waals surface area contributed by atoms with Crippen LogP contribution >= 0.6 is 11.6 Å². The lowest BCUT2D eigenvalue weighted by Gasteiger charge is -2.00. The number of carbonyl (C=O) groups excluding carboxylic acids is 1. The average molecular weight is 212 g/mol. The minimum absolute atomic E-state index is 0.0743. The minimum Gasteiger partial charge on any atom is -0.325 e. The number of rotatable bonds is 2. The van der Waals surface area contributed by atoms with Crippen molar-refractivity contribution in [1.29, 1.82) is 0 Å². The maximum atomic E-state index is 11.0. The number of nitrogens with zero attached hydrogens (tertiary/aromatic N) is 2. The van der Waals surface area contributed by atoms with E-state index < -0.39 is 0 Å². The van der Waals surface area contributed by atoms with Gasteiger partial charge in [-0.25, -0.2) is 4.63 Å². The number of nitrogens with one attached hydrogen (secondary N) is 1. The zero-order chi connectivity index (χ0) is 9.97. The summed E-state index contributed by atoms with van der Waals surface area (Å²) >= 11 is 5.34. The molecule has 2 aromatic rings. The lowest BCUT2D eigenvalue weighted by atomic mass is 10.3. The quantitative estimate of drug-likeness (QED) is 0.763. The van der Waals surface area contributed by atoms with Crippen molar-refractivity contribution in [2.45, 2.75) is 0 Å². The second-order valence-corrected chi connectivity index (χ2v) is 2.92. The Morgan fingerprint density at radius 2 is 2.21 bits per heavy atom. The summed E-state index contributed by atoms with van der Waals surface area (Å²) < 4.78 is 4.51. The third-order valence-electron chi connectivity index (χ3n) is 1.66. The number of alkyl halides is 1. The van der Waals surface area contributed by atoms with E-state index in [4.69, 9.17) is 11.6 Å². The molecule has 0 fully saturated rings. The topological polar surface area (TPSA) is 68.0 Å². The first-order valence-corrected chi connectivity index (χ1v) is 4.41. The number of halogens is 1. The molecule has 0 saturated carbocycles. The molecule has 0 unspecified atom stereocenters. The fourth-order valence-electron chi connectivity index (χ4n) is 1.05. The summed E-state index contributed by atoms with van der Waals surface area (Å²) in [5.74, 6) is -0.336. The van der Waals surface area contributed by atoms with Crippen molar-refractivity contribution in [3.63, 3.8) is 0 Å². The Bertz CT molecular complexity index is 468. The molecule has 0 saturated heterocycles. The van der Waals surface area contributed by atoms with Gasteiger partial charge in [0.25, 0.3) is 0 Å². The van der Waals surface area contributed by atoms with Gasteiger partial charge in [0.15, 0.2) is 0 Å². The SMILES string of the molecule is O=C(CCl)Nc1ccc2nonc2c1. The van der Waals surface area contributed by atoms with E-state index in [1.54, 1.807) is 18.2 Å². The molecule has 0 radical (unpaired) electrons. The maximum Gasteiger partial charge on any atom is 0.239 e. The van der Waals surface area contributed by atoms with E-state index in [0.717, 1.165) is 0 Å². The van der Waals surface area contributed by atoms with Gasteiger partial charge >= 0.3 is 0 Å². The molecular weight excluding hydrogens is 206 g/mol. The van der Waals surface area contributed by atoms with Crippen LogP contribution in [0.25, 0.3) is 11.0 Å². The van der Waals surface area contributed by atoms with Gasteiger partial charge in [-0.1, -0.05) is 0 Å². The Kier molecular flexibility index (Phi) is 2.32. The molecule has 0 spiro atoms. The van der Waals surface area contributed by atoms with Crippen LogP contribution in [0.15, 0.2) is 22.8 Å². The molecule has 1 aromatic carbocycles. The van der Waals surface area contributed by atoms with Gasteiger partial charge in [-0.05, 0) is 28.5 Å². The van der Waals surface area contributed by atoms with E-state index in [1.807, 2.05) is 0 Å². The van der Waals surface area contributed by atoms with Gasteiger partial charge in [-0.3, -0.25) is 4.79 Å². The maximum absolute atomic E-state index is 11.0. The second kappa shape index (κ2) is 3.63. The highest BCUT2D eigenvalue weighted by atomic mass is 35.5. The van der Waals surface area contributed by atoms with Crippen molar-refractivity contribution in [2.75, 3.05) is 11.2 Å². The number of benzene rings is 1. The van der Waals surface area contributed by atoms with Crippen LogP contribution in [0.3, 0.4) is 0 Å². The Labute approximate surface area is 84.0 Å². The van der Waals surface area contributed by atoms with Gasteiger partial charge in [0.1, 0.15) is 16.9 Å². The first-order valence-electron chi connectivity index (χ1n) is 3.88. The number of hydrogen-bond donors (Lipinski definition) is 1. The minimum atomic E-state index is -0.262. The molecule has 1 amide bonds. The standard InChI is InChI=1S/C8H6ClN3O2/c9-4-8(13)10-5-1-2-6-7(3-5)12-14-11-6/h1-3H,4H2,(H,10,13). The molecule has 5 nitrogen and oxygen atoms in total. The van der Waals surface area contributed by atoms with E-state index >= 15 is 0 Å². The van der Waals surface area contributed by atoms with E-state index in [-0.39, 0.29) is 11.8 Å². The molecule has 0 bridgehead atoms. The van der Waals surface area contributed by atoms with Crippen molar-refractivity contribution in [2.24, 2.45) is 0 Å². The number of anilines is 1. The van der Waals surface area contributed by atoms with Crippen LogP contribution in [-0.2, 0) is 4.79 Å². The van der Waals surface area contributed by atoms with Crippen LogP contribution < -0.4 is 5.32 Å². The first-order chi connectivity index (χ1) is 6.79. The highest BCUT2D eigenvalue weighted by Crippen LogP contribution is 2.15. The lowest BCUT2D eigenvalue weighted by Crippen LogP contribution is -2.12. The first kappa shape index (κ1) is 8.96. The van der Waals surface area contributed by atoms with E-state index in [0.29, 0.717) is 16.7 Å². The van der Waals surface area contributed by atoms with Crippen LogP contribution in [0, 0.1) is 0 Å². The molecule has 6 heteroatoms. The van der Waals surface area contributed by atoms with E-state index in [1.165, 1.54) is 0 Å². The Morgan fingerprint density at radius 1 is 1.43 bits per heavy atom. The molecular formula is C8H6ClN3O2. The monoisotopic (exact) mass is 211 g/mol. The highest BCUT2D eigenvalue weighted by molar-refractivity contribution is 6.29. The van der Waals surface area contributed by atoms with Crippen LogP contribution in [0.4, 0.5) is 5.69 Å². The summed E-state index contributed by atoms with van der Waals surface area (Å²) in [7, 11) is 0. The van der Waals surface area contributed by atoms with Crippen molar-refractivity contribution >= 4 is 34.2 Å². The lowest BCUT2D eigenvalue weighted by molar-refractivity contribution is -0.113. The largest absolute Gasteiger partial charge is 0.325 e. The summed E-state index contributed by atoms with van der Waals surface area (Å²) in [6.07, 6.45) is 0. The number of aromatic nitrogens is 2. The highest BCUT2D eigenvalue weighted by Gasteiger charge is 2.03. The van der Waals surface area contributed by atoms with Crippen LogP contribution in [0.5, 0.6) is 0 Å². The molecule has 14 heavy (non-hydrogen) atoms. The third-order valence-corrected chi connectivity index (χ3v) is 1.90. The van der Waals surface area contributed by atoms with E-state index in [9.17, 15) is 4.79 Å². The van der Waals surface area contributed by atoms with Gasteiger partial charge < -0.3 is 5.32 Å². The Morgan fingerprint density at radius 3 is 3.00 bits per heavy atom. The van der Waals surface area contributed by atoms with Crippen molar-refractivity contribution < 1.29 is 9.42 Å². The molecule has 0 aliphatic rings. The van der Waals surface area contributed by atoms with Crippen molar-refractivity contribution in [3.05, 3.63) is 18.2 Å². The second-order valence-electron chi connectivity index (χ2n) is 2.65. The normalized spacial score (nSPS) is 10.4. The molecule has 1 N–H and O–H groups in total. The van der Waals surface area contributed by atoms with Crippen molar-refractivity contribution in [1.82, 2.24) is 10.3 Å². The number of fused-ring (bicyclic) bond motifs is 1. The van der Waals surface area contributed by atoms with Crippen LogP contribution in [-0.4, -0.2) is 22.1 Å². The summed E-state index contributed by atoms with van der Waals surface area (Å²) in [4.78, 5) is 11.0. The molecule has 72 valence electrons. The number of hydrogen-bond acceptors (Lipinski definition) is 4. The zero-order valence-electron chi connectivity index (χ0n) is 7.03. The zero-order valence-corrected chi connectivity index (χ0v) is 7.78. The molecule has 0 aliphatic heterocycles. The molecule has 0 aliphatic carbocycles. The number of carbonyl (C=O) groups is 1. The average Bonchev–Trinajstić information content (AvgIpc) is 2.64. The summed E-state index contributed by atoms with van der Waals surface area (Å²) in [5.41, 5.74) is 1.87. The molecule has 0 atom stereocenters. The van der Waals surface area contributed by atoms with Crippen molar-refractivity contribution in [3.8, 4) is 0 Å². The summed E-state index contributed by atoms with van der Waals surface area (Å²) in [6, 6.07) is 5.07. The van der Waals surface area contributed by atoms with E-state index in [2.05, 4.69) is 20.3 Å². The van der Waals surface area contributed by atoms with Gasteiger partial charge in [-0.2, -0.15) is 0 Å². The Hall–Kier alpha value is -1.62.